The second kappa shape index (κ2) is 10.3. The van der Waals surface area contributed by atoms with E-state index in [1.807, 2.05) is 55.1 Å². The second-order valence-electron chi connectivity index (χ2n) is 7.37. The first kappa shape index (κ1) is 23.3. The molecule has 0 saturated carbocycles. The number of ether oxygens (including phenoxy) is 1. The van der Waals surface area contributed by atoms with Gasteiger partial charge in [0.05, 0.1) is 18.7 Å². The quantitative estimate of drug-likeness (QED) is 0.439. The van der Waals surface area contributed by atoms with E-state index in [4.69, 9.17) is 17.0 Å². The Morgan fingerprint density at radius 2 is 1.59 bits per heavy atom. The molecule has 0 spiro atoms. The molecule has 2 aromatic rings. The van der Waals surface area contributed by atoms with Crippen LogP contribution in [0.4, 0.5) is 16.2 Å². The number of nitrogens with zero attached hydrogens (tertiary/aromatic N) is 1. The van der Waals surface area contributed by atoms with Crippen LogP contribution >= 0.6 is 12.2 Å². The summed E-state index contributed by atoms with van der Waals surface area (Å²) in [7, 11) is 1.37. The van der Waals surface area contributed by atoms with Crippen molar-refractivity contribution in [2.24, 2.45) is 0 Å². The molecule has 0 aliphatic carbocycles. The highest BCUT2D eigenvalue weighted by Gasteiger charge is 2.33. The third-order valence-corrected chi connectivity index (χ3v) is 5.78. The fourth-order valence-corrected chi connectivity index (χ4v) is 4.05. The zero-order valence-electron chi connectivity index (χ0n) is 18.7. The molecule has 2 amide bonds. The minimum atomic E-state index is -0.433. The highest BCUT2D eigenvalue weighted by atomic mass is 32.1. The van der Waals surface area contributed by atoms with Gasteiger partial charge in [-0.3, -0.25) is 0 Å². The predicted octanol–water partition coefficient (Wildman–Crippen LogP) is 4.59. The van der Waals surface area contributed by atoms with E-state index in [9.17, 15) is 9.59 Å². The van der Waals surface area contributed by atoms with Crippen molar-refractivity contribution in [2.75, 3.05) is 24.3 Å². The van der Waals surface area contributed by atoms with E-state index in [2.05, 4.69) is 22.9 Å². The van der Waals surface area contributed by atoms with Gasteiger partial charge in [0.2, 0.25) is 0 Å². The number of carbonyl (C=O) groups excluding carboxylic acids is 2. The molecule has 0 fully saturated rings. The first-order valence-corrected chi connectivity index (χ1v) is 10.9. The Labute approximate surface area is 193 Å². The fourth-order valence-electron chi connectivity index (χ4n) is 3.66. The van der Waals surface area contributed by atoms with Crippen molar-refractivity contribution in [3.8, 4) is 0 Å². The molecule has 1 atom stereocenters. The highest BCUT2D eigenvalue weighted by molar-refractivity contribution is 7.80. The maximum atomic E-state index is 12.5. The lowest BCUT2D eigenvalue weighted by Gasteiger charge is -2.36. The maximum absolute atomic E-state index is 12.5. The van der Waals surface area contributed by atoms with Gasteiger partial charge in [-0.05, 0) is 67.9 Å². The summed E-state index contributed by atoms with van der Waals surface area (Å²) in [5, 5.41) is 9.42. The lowest BCUT2D eigenvalue weighted by atomic mass is 9.95. The van der Waals surface area contributed by atoms with Gasteiger partial charge in [-0.15, -0.1) is 0 Å². The van der Waals surface area contributed by atoms with Gasteiger partial charge in [-0.1, -0.05) is 31.2 Å². The van der Waals surface area contributed by atoms with Gasteiger partial charge in [0.1, 0.15) is 0 Å². The fraction of sp³-hybridized carbons (Fsp3) is 0.292. The van der Waals surface area contributed by atoms with Crippen molar-refractivity contribution in [1.82, 2.24) is 10.2 Å². The first-order valence-electron chi connectivity index (χ1n) is 10.5. The number of thiocarbonyl (C=S) groups is 1. The van der Waals surface area contributed by atoms with Crippen LogP contribution in [-0.2, 0) is 16.0 Å². The van der Waals surface area contributed by atoms with E-state index in [1.165, 1.54) is 12.7 Å². The van der Waals surface area contributed by atoms with Gasteiger partial charge in [0.25, 0.3) is 0 Å². The van der Waals surface area contributed by atoms with Crippen LogP contribution in [0, 0.1) is 0 Å². The number of nitrogens with one attached hydrogen (secondary N) is 3. The van der Waals surface area contributed by atoms with E-state index >= 15 is 0 Å². The molecule has 0 radical (unpaired) electrons. The number of aryl methyl sites for hydroxylation is 1. The number of anilines is 2. The van der Waals surface area contributed by atoms with Crippen molar-refractivity contribution in [3.63, 3.8) is 0 Å². The van der Waals surface area contributed by atoms with Crippen LogP contribution in [0.2, 0.25) is 0 Å². The number of benzene rings is 2. The zero-order valence-corrected chi connectivity index (χ0v) is 19.5. The number of esters is 1. The molecular weight excluding hydrogens is 424 g/mol. The monoisotopic (exact) mass is 452 g/mol. The number of methoxy groups -OCH3 is 1. The standard InChI is InChI=1S/C24H28N4O3S/c1-5-16-7-11-18(12-8-16)25-23(30)26-19-13-9-17(10-14-19)21-20(22(29)31-4)15(3)28(6-2)24(32)27-21/h7-14,21H,5-6H2,1-4H3,(H,27,32)(H2,25,26,30). The van der Waals surface area contributed by atoms with Gasteiger partial charge in [-0.2, -0.15) is 0 Å². The van der Waals surface area contributed by atoms with Gasteiger partial charge in [0, 0.05) is 23.6 Å². The Hall–Kier alpha value is -3.39. The lowest BCUT2D eigenvalue weighted by Crippen LogP contribution is -2.47. The highest BCUT2D eigenvalue weighted by Crippen LogP contribution is 2.31. The smallest absolute Gasteiger partial charge is 0.337 e. The average Bonchev–Trinajstić information content (AvgIpc) is 2.79. The minimum Gasteiger partial charge on any atom is -0.466 e. The van der Waals surface area contributed by atoms with E-state index in [1.54, 1.807) is 12.1 Å². The van der Waals surface area contributed by atoms with Crippen LogP contribution in [0.3, 0.4) is 0 Å². The van der Waals surface area contributed by atoms with Crippen LogP contribution in [-0.4, -0.2) is 35.7 Å². The summed E-state index contributed by atoms with van der Waals surface area (Å²) in [6, 6.07) is 14.2. The van der Waals surface area contributed by atoms with Gasteiger partial charge in [-0.25, -0.2) is 9.59 Å². The summed E-state index contributed by atoms with van der Waals surface area (Å²) in [6.07, 6.45) is 0.947. The van der Waals surface area contributed by atoms with Crippen molar-refractivity contribution in [2.45, 2.75) is 33.2 Å². The van der Waals surface area contributed by atoms with Gasteiger partial charge < -0.3 is 25.6 Å². The number of urea groups is 1. The molecule has 7 nitrogen and oxygen atoms in total. The summed E-state index contributed by atoms with van der Waals surface area (Å²) in [5.74, 6) is -0.406. The molecule has 0 aromatic heterocycles. The molecule has 168 valence electrons. The summed E-state index contributed by atoms with van der Waals surface area (Å²) in [6.45, 7) is 6.56. The average molecular weight is 453 g/mol. The van der Waals surface area contributed by atoms with Gasteiger partial charge >= 0.3 is 12.0 Å². The number of amides is 2. The zero-order chi connectivity index (χ0) is 23.3. The molecular formula is C24H28N4O3S. The topological polar surface area (TPSA) is 82.7 Å². The first-order chi connectivity index (χ1) is 15.4. The molecule has 3 N–H and O–H groups in total. The molecule has 1 aliphatic rings. The van der Waals surface area contributed by atoms with E-state index in [0.29, 0.717) is 22.9 Å². The summed E-state index contributed by atoms with van der Waals surface area (Å²) in [4.78, 5) is 26.7. The van der Waals surface area contributed by atoms with Crippen LogP contribution in [0.5, 0.6) is 0 Å². The number of carbonyl (C=O) groups is 2. The molecule has 1 aliphatic heterocycles. The van der Waals surface area contributed by atoms with E-state index < -0.39 is 12.0 Å². The van der Waals surface area contributed by atoms with Crippen molar-refractivity contribution in [3.05, 3.63) is 70.9 Å². The largest absolute Gasteiger partial charge is 0.466 e. The van der Waals surface area contributed by atoms with Crippen LogP contribution in [0.1, 0.15) is 37.9 Å². The van der Waals surface area contributed by atoms with Crippen molar-refractivity contribution < 1.29 is 14.3 Å². The number of hydrogen-bond acceptors (Lipinski definition) is 4. The molecule has 2 aromatic carbocycles. The Bertz CT molecular complexity index is 1030. The SMILES string of the molecule is CCc1ccc(NC(=O)Nc2ccc(C3NC(=S)N(CC)C(C)=C3C(=O)OC)cc2)cc1. The third kappa shape index (κ3) is 5.08. The van der Waals surface area contributed by atoms with E-state index in [0.717, 1.165) is 23.4 Å². The molecule has 0 bridgehead atoms. The summed E-state index contributed by atoms with van der Waals surface area (Å²) >= 11 is 5.48. The Balaban J connectivity index is 1.75. The maximum Gasteiger partial charge on any atom is 0.337 e. The van der Waals surface area contributed by atoms with Gasteiger partial charge in [0.15, 0.2) is 5.11 Å². The Morgan fingerprint density at radius 3 is 2.09 bits per heavy atom. The van der Waals surface area contributed by atoms with Crippen LogP contribution < -0.4 is 16.0 Å². The third-order valence-electron chi connectivity index (χ3n) is 5.44. The molecule has 3 rings (SSSR count). The van der Waals surface area contributed by atoms with Crippen LogP contribution in [0.25, 0.3) is 0 Å². The summed E-state index contributed by atoms with van der Waals surface area (Å²) in [5.41, 5.74) is 4.68. The molecule has 0 saturated heterocycles. The second-order valence-corrected chi connectivity index (χ2v) is 7.76. The molecule has 1 heterocycles. The van der Waals surface area contributed by atoms with Crippen LogP contribution in [0.15, 0.2) is 59.8 Å². The van der Waals surface area contributed by atoms with E-state index in [-0.39, 0.29) is 6.03 Å². The number of rotatable bonds is 6. The molecule has 32 heavy (non-hydrogen) atoms. The number of allylic oxidation sites excluding steroid dienone is 1. The summed E-state index contributed by atoms with van der Waals surface area (Å²) < 4.78 is 5.02. The Morgan fingerprint density at radius 1 is 1.03 bits per heavy atom. The normalized spacial score (nSPS) is 15.8. The lowest BCUT2D eigenvalue weighted by molar-refractivity contribution is -0.136. The minimum absolute atomic E-state index is 0.330. The Kier molecular flexibility index (Phi) is 7.48. The predicted molar refractivity (Wildman–Crippen MR) is 130 cm³/mol. The van der Waals surface area contributed by atoms with Crippen molar-refractivity contribution >= 4 is 40.7 Å². The molecule has 8 heteroatoms. The van der Waals surface area contributed by atoms with Crippen molar-refractivity contribution in [1.29, 1.82) is 0 Å². The number of hydrogen-bond donors (Lipinski definition) is 3. The molecule has 1 unspecified atom stereocenters.